The predicted molar refractivity (Wildman–Crippen MR) is 66.7 cm³/mol. The highest BCUT2D eigenvalue weighted by molar-refractivity contribution is 5.11. The lowest BCUT2D eigenvalue weighted by Crippen LogP contribution is -2.59. The second kappa shape index (κ2) is 7.01. The van der Waals surface area contributed by atoms with Gasteiger partial charge in [0, 0.05) is 0 Å². The number of aliphatic hydroxyl groups is 4. The molecule has 0 spiro atoms. The van der Waals surface area contributed by atoms with Gasteiger partial charge in [-0.1, -0.05) is 38.0 Å². The SMILES string of the molecule is CCCC/C=C/C=C/C1(O)OC[C@@H](O)[C@H](O)[C@H]1O. The quantitative estimate of drug-likeness (QED) is 0.414. The van der Waals surface area contributed by atoms with Crippen LogP contribution in [0.1, 0.15) is 26.2 Å². The van der Waals surface area contributed by atoms with Crippen LogP contribution in [-0.4, -0.2) is 51.1 Å². The topological polar surface area (TPSA) is 90.2 Å². The van der Waals surface area contributed by atoms with Crippen molar-refractivity contribution >= 4 is 0 Å². The normalized spacial score (nSPS) is 37.7. The lowest BCUT2D eigenvalue weighted by molar-refractivity contribution is -0.296. The smallest absolute Gasteiger partial charge is 0.215 e. The summed E-state index contributed by atoms with van der Waals surface area (Å²) in [5.74, 6) is -1.95. The van der Waals surface area contributed by atoms with E-state index in [2.05, 4.69) is 6.92 Å². The molecule has 4 N–H and O–H groups in total. The van der Waals surface area contributed by atoms with E-state index in [1.807, 2.05) is 6.08 Å². The van der Waals surface area contributed by atoms with Crippen LogP contribution in [0.2, 0.25) is 0 Å². The van der Waals surface area contributed by atoms with Crippen LogP contribution in [0.5, 0.6) is 0 Å². The molecule has 1 aliphatic heterocycles. The van der Waals surface area contributed by atoms with Crippen molar-refractivity contribution in [1.29, 1.82) is 0 Å². The fourth-order valence-electron chi connectivity index (χ4n) is 1.69. The summed E-state index contributed by atoms with van der Waals surface area (Å²) in [6.45, 7) is 1.88. The summed E-state index contributed by atoms with van der Waals surface area (Å²) in [4.78, 5) is 0. The van der Waals surface area contributed by atoms with Crippen molar-refractivity contribution in [2.45, 2.75) is 50.3 Å². The van der Waals surface area contributed by atoms with Crippen LogP contribution in [-0.2, 0) is 4.74 Å². The molecule has 0 aliphatic carbocycles. The molecule has 1 unspecified atom stereocenters. The van der Waals surface area contributed by atoms with Crippen molar-refractivity contribution in [3.8, 4) is 0 Å². The Bertz CT molecular complexity index is 302. The van der Waals surface area contributed by atoms with Crippen LogP contribution < -0.4 is 0 Å². The van der Waals surface area contributed by atoms with Crippen molar-refractivity contribution in [3.05, 3.63) is 24.3 Å². The molecule has 18 heavy (non-hydrogen) atoms. The van der Waals surface area contributed by atoms with Gasteiger partial charge in [-0.2, -0.15) is 0 Å². The molecule has 0 aromatic heterocycles. The van der Waals surface area contributed by atoms with Gasteiger partial charge in [-0.25, -0.2) is 0 Å². The van der Waals surface area contributed by atoms with E-state index in [9.17, 15) is 20.4 Å². The first-order chi connectivity index (χ1) is 8.51. The average Bonchev–Trinajstić information content (AvgIpc) is 2.36. The molecule has 1 heterocycles. The number of aliphatic hydroxyl groups excluding tert-OH is 3. The molecule has 0 aromatic carbocycles. The zero-order chi connectivity index (χ0) is 13.6. The van der Waals surface area contributed by atoms with Gasteiger partial charge < -0.3 is 25.2 Å². The van der Waals surface area contributed by atoms with E-state index in [4.69, 9.17) is 4.74 Å². The Kier molecular flexibility index (Phi) is 5.98. The molecule has 4 atom stereocenters. The molecule has 1 fully saturated rings. The lowest BCUT2D eigenvalue weighted by atomic mass is 9.96. The standard InChI is InChI=1S/C13H22O5/c1-2-3-4-5-6-7-8-13(17)12(16)11(15)10(14)9-18-13/h5-8,10-12,14-17H,2-4,9H2,1H3/b6-5+,8-7+/t10-,11+,12-,13?/m1/s1. The minimum Gasteiger partial charge on any atom is -0.388 e. The average molecular weight is 258 g/mol. The Morgan fingerprint density at radius 2 is 2.00 bits per heavy atom. The number of unbranched alkanes of at least 4 members (excludes halogenated alkanes) is 2. The van der Waals surface area contributed by atoms with E-state index < -0.39 is 24.1 Å². The largest absolute Gasteiger partial charge is 0.388 e. The molecule has 1 rings (SSSR count). The number of hydrogen-bond donors (Lipinski definition) is 4. The fraction of sp³-hybridized carbons (Fsp3) is 0.692. The van der Waals surface area contributed by atoms with E-state index in [1.54, 1.807) is 12.2 Å². The number of ether oxygens (including phenoxy) is 1. The molecule has 0 saturated carbocycles. The van der Waals surface area contributed by atoms with Crippen LogP contribution in [0.4, 0.5) is 0 Å². The highest BCUT2D eigenvalue weighted by Crippen LogP contribution is 2.25. The van der Waals surface area contributed by atoms with Gasteiger partial charge in [0.05, 0.1) is 6.61 Å². The summed E-state index contributed by atoms with van der Waals surface area (Å²) in [5.41, 5.74) is 0. The van der Waals surface area contributed by atoms with Crippen molar-refractivity contribution in [1.82, 2.24) is 0 Å². The summed E-state index contributed by atoms with van der Waals surface area (Å²) in [5, 5.41) is 38.3. The monoisotopic (exact) mass is 258 g/mol. The van der Waals surface area contributed by atoms with Crippen molar-refractivity contribution in [3.63, 3.8) is 0 Å². The summed E-state index contributed by atoms with van der Waals surface area (Å²) in [6.07, 6.45) is 5.52. The van der Waals surface area contributed by atoms with E-state index >= 15 is 0 Å². The minimum atomic E-state index is -1.95. The Labute approximate surface area is 107 Å². The molecule has 1 aliphatic rings. The second-order valence-corrected chi connectivity index (χ2v) is 4.50. The first-order valence-corrected chi connectivity index (χ1v) is 6.26. The number of allylic oxidation sites excluding steroid dienone is 3. The van der Waals surface area contributed by atoms with Crippen LogP contribution in [0.25, 0.3) is 0 Å². The Morgan fingerprint density at radius 1 is 1.28 bits per heavy atom. The fourth-order valence-corrected chi connectivity index (χ4v) is 1.69. The highest BCUT2D eigenvalue weighted by Gasteiger charge is 2.46. The maximum atomic E-state index is 9.97. The third kappa shape index (κ3) is 3.90. The molecule has 104 valence electrons. The molecule has 5 heteroatoms. The molecule has 0 amide bonds. The van der Waals surface area contributed by atoms with Gasteiger partial charge in [0.1, 0.15) is 18.3 Å². The third-order valence-electron chi connectivity index (χ3n) is 2.93. The molecular formula is C13H22O5. The van der Waals surface area contributed by atoms with Crippen LogP contribution in [0.3, 0.4) is 0 Å². The van der Waals surface area contributed by atoms with Crippen molar-refractivity contribution < 1.29 is 25.2 Å². The van der Waals surface area contributed by atoms with E-state index in [1.165, 1.54) is 6.08 Å². The van der Waals surface area contributed by atoms with Crippen LogP contribution in [0.15, 0.2) is 24.3 Å². The predicted octanol–water partition coefficient (Wildman–Crippen LogP) is 0.0905. The summed E-state index contributed by atoms with van der Waals surface area (Å²) < 4.78 is 4.96. The van der Waals surface area contributed by atoms with Gasteiger partial charge in [-0.05, 0) is 12.5 Å². The second-order valence-electron chi connectivity index (χ2n) is 4.50. The first-order valence-electron chi connectivity index (χ1n) is 6.26. The number of hydrogen-bond acceptors (Lipinski definition) is 5. The Morgan fingerprint density at radius 3 is 2.67 bits per heavy atom. The summed E-state index contributed by atoms with van der Waals surface area (Å²) in [7, 11) is 0. The van der Waals surface area contributed by atoms with Crippen molar-refractivity contribution in [2.24, 2.45) is 0 Å². The highest BCUT2D eigenvalue weighted by atomic mass is 16.6. The van der Waals surface area contributed by atoms with Gasteiger partial charge in [-0.15, -0.1) is 0 Å². The molecule has 0 bridgehead atoms. The van der Waals surface area contributed by atoms with E-state index in [0.717, 1.165) is 19.3 Å². The lowest BCUT2D eigenvalue weighted by Gasteiger charge is -2.39. The maximum Gasteiger partial charge on any atom is 0.215 e. The molecule has 1 saturated heterocycles. The van der Waals surface area contributed by atoms with Crippen molar-refractivity contribution in [2.75, 3.05) is 6.61 Å². The van der Waals surface area contributed by atoms with E-state index in [0.29, 0.717) is 0 Å². The van der Waals surface area contributed by atoms with E-state index in [-0.39, 0.29) is 6.61 Å². The minimum absolute atomic E-state index is 0.224. The van der Waals surface area contributed by atoms with Gasteiger partial charge in [0.2, 0.25) is 5.79 Å². The zero-order valence-electron chi connectivity index (χ0n) is 10.6. The Hall–Kier alpha value is -0.720. The zero-order valence-corrected chi connectivity index (χ0v) is 10.6. The Balaban J connectivity index is 2.53. The molecule has 0 aromatic rings. The van der Waals surface area contributed by atoms with Gasteiger partial charge in [0.25, 0.3) is 0 Å². The third-order valence-corrected chi connectivity index (χ3v) is 2.93. The van der Waals surface area contributed by atoms with Crippen LogP contribution >= 0.6 is 0 Å². The maximum absolute atomic E-state index is 9.97. The van der Waals surface area contributed by atoms with Crippen LogP contribution in [0, 0.1) is 0 Å². The summed E-state index contributed by atoms with van der Waals surface area (Å²) >= 11 is 0. The first kappa shape index (κ1) is 15.3. The number of rotatable bonds is 5. The summed E-state index contributed by atoms with van der Waals surface area (Å²) in [6, 6.07) is 0. The van der Waals surface area contributed by atoms with Gasteiger partial charge >= 0.3 is 0 Å². The van der Waals surface area contributed by atoms with Gasteiger partial charge in [0.15, 0.2) is 0 Å². The molecule has 0 radical (unpaired) electrons. The van der Waals surface area contributed by atoms with Gasteiger partial charge in [-0.3, -0.25) is 0 Å². The molecule has 5 nitrogen and oxygen atoms in total. The molecular weight excluding hydrogens is 236 g/mol.